The first-order chi connectivity index (χ1) is 9.56. The molecule has 0 saturated carbocycles. The molecule has 0 atom stereocenters. The van der Waals surface area contributed by atoms with Gasteiger partial charge in [-0.15, -0.1) is 22.7 Å². The van der Waals surface area contributed by atoms with Gasteiger partial charge < -0.3 is 9.84 Å². The zero-order chi connectivity index (χ0) is 14.5. The van der Waals surface area contributed by atoms with Crippen molar-refractivity contribution in [2.75, 3.05) is 13.2 Å². The number of aromatic nitrogens is 1. The van der Waals surface area contributed by atoms with Crippen molar-refractivity contribution in [3.8, 4) is 10.6 Å². The lowest BCUT2D eigenvalue weighted by atomic mass is 10.3. The molecule has 0 aromatic carbocycles. The van der Waals surface area contributed by atoms with E-state index in [0.717, 1.165) is 9.88 Å². The molecule has 0 aliphatic carbocycles. The highest BCUT2D eigenvalue weighted by molar-refractivity contribution is 7.14. The summed E-state index contributed by atoms with van der Waals surface area (Å²) in [6.07, 6.45) is -1.99. The summed E-state index contributed by atoms with van der Waals surface area (Å²) in [6.45, 7) is -0.368. The number of nitrogens with zero attached hydrogens (tertiary/aromatic N) is 1. The van der Waals surface area contributed by atoms with Gasteiger partial charge in [-0.1, -0.05) is 0 Å². The molecule has 0 spiro atoms. The van der Waals surface area contributed by atoms with Gasteiger partial charge >= 0.3 is 5.97 Å². The molecule has 0 unspecified atom stereocenters. The molecule has 4 nitrogen and oxygen atoms in total. The summed E-state index contributed by atoms with van der Waals surface area (Å²) in [6, 6.07) is 1.57. The number of aromatic carboxylic acids is 1. The van der Waals surface area contributed by atoms with Gasteiger partial charge in [0.25, 0.3) is 6.43 Å². The van der Waals surface area contributed by atoms with Gasteiger partial charge in [0.2, 0.25) is 0 Å². The fraction of sp³-hybridized carbons (Fsp3) is 0.333. The van der Waals surface area contributed by atoms with E-state index < -0.39 is 19.0 Å². The van der Waals surface area contributed by atoms with Crippen molar-refractivity contribution in [3.63, 3.8) is 0 Å². The number of halogens is 2. The zero-order valence-electron chi connectivity index (χ0n) is 10.2. The first kappa shape index (κ1) is 15.0. The number of alkyl halides is 2. The second-order valence-corrected chi connectivity index (χ2v) is 5.70. The maximum Gasteiger partial charge on any atom is 0.336 e. The molecular formula is C12H11F2NO3S2. The summed E-state index contributed by atoms with van der Waals surface area (Å²) in [4.78, 5) is 15.9. The topological polar surface area (TPSA) is 59.4 Å². The number of carboxylic acid groups (broad SMARTS) is 1. The number of hydrogen-bond acceptors (Lipinski definition) is 5. The van der Waals surface area contributed by atoms with Gasteiger partial charge in [-0.3, -0.25) is 0 Å². The summed E-state index contributed by atoms with van der Waals surface area (Å²) < 4.78 is 28.5. The average Bonchev–Trinajstić information content (AvgIpc) is 3.03. The zero-order valence-corrected chi connectivity index (χ0v) is 11.8. The summed E-state index contributed by atoms with van der Waals surface area (Å²) in [5.74, 6) is -0.969. The molecule has 2 aromatic heterocycles. The van der Waals surface area contributed by atoms with Crippen molar-refractivity contribution in [1.29, 1.82) is 0 Å². The van der Waals surface area contributed by atoms with E-state index in [-0.39, 0.29) is 12.2 Å². The van der Waals surface area contributed by atoms with Gasteiger partial charge in [-0.25, -0.2) is 18.6 Å². The van der Waals surface area contributed by atoms with Gasteiger partial charge in [0.1, 0.15) is 6.61 Å². The fourth-order valence-electron chi connectivity index (χ4n) is 1.45. The van der Waals surface area contributed by atoms with Crippen LogP contribution in [0.15, 0.2) is 16.8 Å². The largest absolute Gasteiger partial charge is 0.478 e. The minimum absolute atomic E-state index is 0.197. The van der Waals surface area contributed by atoms with Gasteiger partial charge in [0.05, 0.1) is 27.7 Å². The lowest BCUT2D eigenvalue weighted by Gasteiger charge is -2.00. The van der Waals surface area contributed by atoms with E-state index in [1.165, 1.54) is 22.7 Å². The van der Waals surface area contributed by atoms with Crippen molar-refractivity contribution in [2.45, 2.75) is 12.8 Å². The van der Waals surface area contributed by atoms with E-state index in [4.69, 9.17) is 9.84 Å². The van der Waals surface area contributed by atoms with Crippen LogP contribution in [-0.4, -0.2) is 35.7 Å². The number of rotatable bonds is 7. The Morgan fingerprint density at radius 3 is 2.85 bits per heavy atom. The molecule has 8 heteroatoms. The first-order valence-electron chi connectivity index (χ1n) is 5.68. The van der Waals surface area contributed by atoms with Crippen LogP contribution in [0, 0.1) is 0 Å². The van der Waals surface area contributed by atoms with Crippen molar-refractivity contribution in [1.82, 2.24) is 4.98 Å². The smallest absolute Gasteiger partial charge is 0.336 e. The summed E-state index contributed by atoms with van der Waals surface area (Å²) >= 11 is 2.71. The highest BCUT2D eigenvalue weighted by atomic mass is 32.1. The normalized spacial score (nSPS) is 11.2. The van der Waals surface area contributed by atoms with Crippen LogP contribution >= 0.6 is 22.7 Å². The molecule has 0 aliphatic rings. The molecule has 0 radical (unpaired) electrons. The quantitative estimate of drug-likeness (QED) is 0.795. The highest BCUT2D eigenvalue weighted by Crippen LogP contribution is 2.28. The molecule has 0 aliphatic heterocycles. The van der Waals surface area contributed by atoms with Crippen LogP contribution in [0.3, 0.4) is 0 Å². The van der Waals surface area contributed by atoms with Crippen LogP contribution in [0.4, 0.5) is 8.78 Å². The Morgan fingerprint density at radius 1 is 1.40 bits per heavy atom. The molecule has 0 amide bonds. The Kier molecular flexibility index (Phi) is 5.16. The van der Waals surface area contributed by atoms with Crippen LogP contribution < -0.4 is 0 Å². The predicted octanol–water partition coefficient (Wildman–Crippen LogP) is 3.39. The van der Waals surface area contributed by atoms with Crippen LogP contribution in [-0.2, 0) is 11.2 Å². The summed E-state index contributed by atoms with van der Waals surface area (Å²) in [7, 11) is 0. The fourth-order valence-corrected chi connectivity index (χ4v) is 3.15. The molecule has 20 heavy (non-hydrogen) atoms. The van der Waals surface area contributed by atoms with Gasteiger partial charge in [-0.05, 0) is 6.07 Å². The molecule has 1 N–H and O–H groups in total. The first-order valence-corrected chi connectivity index (χ1v) is 7.44. The Bertz CT molecular complexity index is 583. The van der Waals surface area contributed by atoms with E-state index in [1.807, 2.05) is 5.38 Å². The Morgan fingerprint density at radius 2 is 2.20 bits per heavy atom. The lowest BCUT2D eigenvalue weighted by Crippen LogP contribution is -2.06. The van der Waals surface area contributed by atoms with E-state index in [2.05, 4.69) is 4.98 Å². The van der Waals surface area contributed by atoms with Crippen LogP contribution in [0.25, 0.3) is 10.6 Å². The number of hydrogen-bond donors (Lipinski definition) is 1. The molecule has 2 rings (SSSR count). The van der Waals surface area contributed by atoms with Crippen molar-refractivity contribution < 1.29 is 23.4 Å². The monoisotopic (exact) mass is 319 g/mol. The third-order valence-electron chi connectivity index (χ3n) is 2.35. The van der Waals surface area contributed by atoms with Crippen LogP contribution in [0.5, 0.6) is 0 Å². The molecule has 2 heterocycles. The highest BCUT2D eigenvalue weighted by Gasteiger charge is 2.11. The van der Waals surface area contributed by atoms with Crippen molar-refractivity contribution in [3.05, 3.63) is 27.4 Å². The van der Waals surface area contributed by atoms with Crippen LogP contribution in [0.2, 0.25) is 0 Å². The van der Waals surface area contributed by atoms with Gasteiger partial charge in [-0.2, -0.15) is 0 Å². The van der Waals surface area contributed by atoms with Gasteiger partial charge in [0, 0.05) is 17.2 Å². The number of ether oxygens (including phenoxy) is 1. The van der Waals surface area contributed by atoms with E-state index in [9.17, 15) is 13.6 Å². The van der Waals surface area contributed by atoms with E-state index in [1.54, 1.807) is 11.4 Å². The van der Waals surface area contributed by atoms with E-state index >= 15 is 0 Å². The molecular weight excluding hydrogens is 308 g/mol. The standard InChI is InChI=1S/C12H11F2NO3S2/c13-10(14)4-18-2-1-11-15-8(6-20-11)9-3-7(5-19-9)12(16)17/h3,5-6,10H,1-2,4H2,(H,16,17). The van der Waals surface area contributed by atoms with Gasteiger partial charge in [0.15, 0.2) is 0 Å². The van der Waals surface area contributed by atoms with E-state index in [0.29, 0.717) is 12.1 Å². The van der Waals surface area contributed by atoms with Crippen LogP contribution in [0.1, 0.15) is 15.4 Å². The SMILES string of the molecule is O=C(O)c1csc(-c2csc(CCOCC(F)F)n2)c1. The molecule has 108 valence electrons. The third-order valence-corrected chi connectivity index (χ3v) is 4.22. The lowest BCUT2D eigenvalue weighted by molar-refractivity contribution is 0.0187. The molecule has 0 bridgehead atoms. The number of carboxylic acids is 1. The number of carbonyl (C=O) groups is 1. The van der Waals surface area contributed by atoms with Crippen molar-refractivity contribution in [2.24, 2.45) is 0 Å². The minimum atomic E-state index is -2.46. The average molecular weight is 319 g/mol. The second kappa shape index (κ2) is 6.87. The predicted molar refractivity (Wildman–Crippen MR) is 72.9 cm³/mol. The molecule has 0 saturated heterocycles. The van der Waals surface area contributed by atoms with Crippen molar-refractivity contribution >= 4 is 28.6 Å². The summed E-state index contributed by atoms with van der Waals surface area (Å²) in [5.41, 5.74) is 0.941. The minimum Gasteiger partial charge on any atom is -0.478 e. The molecule has 0 fully saturated rings. The Hall–Kier alpha value is -1.38. The maximum atomic E-state index is 11.9. The Labute approximate surface area is 121 Å². The molecule has 2 aromatic rings. The third kappa shape index (κ3) is 4.06. The summed E-state index contributed by atoms with van der Waals surface area (Å²) in [5, 5.41) is 13.0. The number of thiophene rings is 1. The number of thiazole rings is 1. The Balaban J connectivity index is 1.92. The second-order valence-electron chi connectivity index (χ2n) is 3.85. The maximum absolute atomic E-state index is 11.9.